The van der Waals surface area contributed by atoms with Gasteiger partial charge in [-0.1, -0.05) is 6.07 Å². The van der Waals surface area contributed by atoms with E-state index in [1.165, 1.54) is 12.1 Å². The summed E-state index contributed by atoms with van der Waals surface area (Å²) in [6.45, 7) is 2.79. The van der Waals surface area contributed by atoms with Gasteiger partial charge in [-0.25, -0.2) is 0 Å². The first-order valence-electron chi connectivity index (χ1n) is 6.36. The first-order chi connectivity index (χ1) is 9.03. The molecule has 0 spiro atoms. The van der Waals surface area contributed by atoms with Gasteiger partial charge in [0.05, 0.1) is 0 Å². The topological polar surface area (TPSA) is 24.5 Å². The molecule has 0 aliphatic carbocycles. The molecule has 104 valence electrons. The van der Waals surface area contributed by atoms with Crippen LogP contribution in [-0.4, -0.2) is 32.0 Å². The van der Waals surface area contributed by atoms with Crippen LogP contribution in [0.2, 0.25) is 0 Å². The van der Waals surface area contributed by atoms with Gasteiger partial charge in [-0.2, -0.15) is 0 Å². The molecule has 6 heteroatoms. The fourth-order valence-electron chi connectivity index (χ4n) is 3.03. The largest absolute Gasteiger partial charge is 0.573 e. The van der Waals surface area contributed by atoms with Crippen molar-refractivity contribution in [2.45, 2.75) is 18.8 Å². The summed E-state index contributed by atoms with van der Waals surface area (Å²) in [5, 5.41) is 3.32. The van der Waals surface area contributed by atoms with Crippen LogP contribution in [0.3, 0.4) is 0 Å². The molecule has 2 unspecified atom stereocenters. The lowest BCUT2D eigenvalue weighted by Gasteiger charge is -2.26. The molecular formula is C13H15F3N2O. The highest BCUT2D eigenvalue weighted by Gasteiger charge is 2.38. The van der Waals surface area contributed by atoms with Crippen molar-refractivity contribution < 1.29 is 17.9 Å². The van der Waals surface area contributed by atoms with Crippen molar-refractivity contribution in [2.75, 3.05) is 24.5 Å². The smallest absolute Gasteiger partial charge is 0.406 e. The number of fused-ring (bicyclic) bond motifs is 1. The minimum Gasteiger partial charge on any atom is -0.406 e. The molecule has 0 aromatic heterocycles. The van der Waals surface area contributed by atoms with E-state index in [2.05, 4.69) is 15.0 Å². The molecule has 1 N–H and O–H groups in total. The molecule has 2 atom stereocenters. The van der Waals surface area contributed by atoms with Crippen molar-refractivity contribution in [1.29, 1.82) is 0 Å². The lowest BCUT2D eigenvalue weighted by molar-refractivity contribution is -0.274. The summed E-state index contributed by atoms with van der Waals surface area (Å²) >= 11 is 0. The van der Waals surface area contributed by atoms with Crippen LogP contribution < -0.4 is 15.0 Å². The first-order valence-corrected chi connectivity index (χ1v) is 6.36. The van der Waals surface area contributed by atoms with E-state index in [0.29, 0.717) is 12.0 Å². The summed E-state index contributed by atoms with van der Waals surface area (Å²) in [5.41, 5.74) is 0.804. The van der Waals surface area contributed by atoms with Crippen molar-refractivity contribution in [3.8, 4) is 5.75 Å². The highest BCUT2D eigenvalue weighted by Crippen LogP contribution is 2.34. The van der Waals surface area contributed by atoms with Gasteiger partial charge in [-0.05, 0) is 24.5 Å². The van der Waals surface area contributed by atoms with Crippen molar-refractivity contribution in [2.24, 2.45) is 5.92 Å². The van der Waals surface area contributed by atoms with E-state index in [4.69, 9.17) is 0 Å². The lowest BCUT2D eigenvalue weighted by atomic mass is 10.1. The summed E-state index contributed by atoms with van der Waals surface area (Å²) in [7, 11) is 0. The Morgan fingerprint density at radius 2 is 2.11 bits per heavy atom. The molecule has 19 heavy (non-hydrogen) atoms. The molecule has 0 amide bonds. The minimum absolute atomic E-state index is 0.153. The SMILES string of the molecule is FC(F)(F)Oc1cccc(N2CCC3CNCC32)c1. The van der Waals surface area contributed by atoms with Crippen LogP contribution in [0.4, 0.5) is 18.9 Å². The molecule has 3 nitrogen and oxygen atoms in total. The van der Waals surface area contributed by atoms with Gasteiger partial charge in [0.25, 0.3) is 0 Å². The van der Waals surface area contributed by atoms with Crippen LogP contribution in [0.5, 0.6) is 5.75 Å². The van der Waals surface area contributed by atoms with Crippen LogP contribution in [0.1, 0.15) is 6.42 Å². The zero-order chi connectivity index (χ0) is 13.5. The van der Waals surface area contributed by atoms with Crippen LogP contribution >= 0.6 is 0 Å². The van der Waals surface area contributed by atoms with Gasteiger partial charge >= 0.3 is 6.36 Å². The number of rotatable bonds is 2. The van der Waals surface area contributed by atoms with Gasteiger partial charge in [-0.15, -0.1) is 13.2 Å². The Kier molecular flexibility index (Phi) is 3.05. The Morgan fingerprint density at radius 1 is 1.26 bits per heavy atom. The summed E-state index contributed by atoms with van der Waals surface area (Å²) in [4.78, 5) is 2.17. The average Bonchev–Trinajstić information content (AvgIpc) is 2.87. The molecule has 1 aromatic carbocycles. The molecule has 2 saturated heterocycles. The van der Waals surface area contributed by atoms with Gasteiger partial charge in [0, 0.05) is 37.4 Å². The number of nitrogens with zero attached hydrogens (tertiary/aromatic N) is 1. The molecule has 2 heterocycles. The van der Waals surface area contributed by atoms with Gasteiger partial charge in [0.15, 0.2) is 0 Å². The van der Waals surface area contributed by atoms with Crippen LogP contribution in [0.15, 0.2) is 24.3 Å². The molecule has 0 saturated carbocycles. The number of benzene rings is 1. The monoisotopic (exact) mass is 272 g/mol. The number of halogens is 3. The average molecular weight is 272 g/mol. The number of nitrogens with one attached hydrogen (secondary N) is 1. The second kappa shape index (κ2) is 4.59. The maximum atomic E-state index is 12.2. The Morgan fingerprint density at radius 3 is 2.89 bits per heavy atom. The molecule has 2 fully saturated rings. The van der Waals surface area contributed by atoms with Gasteiger partial charge in [0.1, 0.15) is 5.75 Å². The Hall–Kier alpha value is -1.43. The van der Waals surface area contributed by atoms with Crippen molar-refractivity contribution in [3.63, 3.8) is 0 Å². The summed E-state index contributed by atoms with van der Waals surface area (Å²) in [6, 6.07) is 6.63. The van der Waals surface area contributed by atoms with E-state index in [-0.39, 0.29) is 5.75 Å². The van der Waals surface area contributed by atoms with E-state index in [9.17, 15) is 13.2 Å². The van der Waals surface area contributed by atoms with E-state index in [0.717, 1.165) is 31.7 Å². The second-order valence-electron chi connectivity index (χ2n) is 5.01. The molecule has 2 aliphatic heterocycles. The molecule has 0 radical (unpaired) electrons. The summed E-state index contributed by atoms with van der Waals surface area (Å²) in [5.74, 6) is 0.451. The highest BCUT2D eigenvalue weighted by atomic mass is 19.4. The number of hydrogen-bond acceptors (Lipinski definition) is 3. The van der Waals surface area contributed by atoms with Crippen LogP contribution in [-0.2, 0) is 0 Å². The summed E-state index contributed by atoms with van der Waals surface area (Å²) in [6.07, 6.45) is -3.55. The molecular weight excluding hydrogens is 257 g/mol. The Bertz CT molecular complexity index is 463. The molecule has 0 bridgehead atoms. The summed E-state index contributed by atoms with van der Waals surface area (Å²) < 4.78 is 40.6. The number of alkyl halides is 3. The fourth-order valence-corrected chi connectivity index (χ4v) is 3.03. The van der Waals surface area contributed by atoms with E-state index in [1.54, 1.807) is 6.07 Å². The third-order valence-corrected chi connectivity index (χ3v) is 3.83. The first kappa shape index (κ1) is 12.6. The van der Waals surface area contributed by atoms with Crippen LogP contribution in [0, 0.1) is 5.92 Å². The van der Waals surface area contributed by atoms with Crippen molar-refractivity contribution in [3.05, 3.63) is 24.3 Å². The minimum atomic E-state index is -4.64. The molecule has 3 rings (SSSR count). The standard InChI is InChI=1S/C13H15F3N2O/c14-13(15,16)19-11-3-1-2-10(6-11)18-5-4-9-7-17-8-12(9)18/h1-3,6,9,12,17H,4-5,7-8H2. The number of ether oxygens (including phenoxy) is 1. The quantitative estimate of drug-likeness (QED) is 0.894. The van der Waals surface area contributed by atoms with Crippen LogP contribution in [0.25, 0.3) is 0 Å². The fraction of sp³-hybridized carbons (Fsp3) is 0.538. The lowest BCUT2D eigenvalue weighted by Crippen LogP contribution is -2.34. The molecule has 2 aliphatic rings. The molecule has 1 aromatic rings. The van der Waals surface area contributed by atoms with Gasteiger partial charge in [-0.3, -0.25) is 0 Å². The predicted molar refractivity (Wildman–Crippen MR) is 65.2 cm³/mol. The predicted octanol–water partition coefficient (Wildman–Crippen LogP) is 2.38. The maximum absolute atomic E-state index is 12.2. The normalized spacial score (nSPS) is 26.6. The maximum Gasteiger partial charge on any atom is 0.573 e. The van der Waals surface area contributed by atoms with E-state index in [1.807, 2.05) is 6.07 Å². The zero-order valence-electron chi connectivity index (χ0n) is 10.3. The zero-order valence-corrected chi connectivity index (χ0v) is 10.3. The van der Waals surface area contributed by atoms with Crippen molar-refractivity contribution in [1.82, 2.24) is 5.32 Å². The van der Waals surface area contributed by atoms with E-state index >= 15 is 0 Å². The van der Waals surface area contributed by atoms with Gasteiger partial charge in [0.2, 0.25) is 0 Å². The second-order valence-corrected chi connectivity index (χ2v) is 5.01. The number of hydrogen-bond donors (Lipinski definition) is 1. The third-order valence-electron chi connectivity index (χ3n) is 3.83. The number of anilines is 1. The van der Waals surface area contributed by atoms with Gasteiger partial charge < -0.3 is 15.0 Å². The van der Waals surface area contributed by atoms with Crippen molar-refractivity contribution >= 4 is 5.69 Å². The Labute approximate surface area is 109 Å². The highest BCUT2D eigenvalue weighted by molar-refractivity contribution is 5.53. The third kappa shape index (κ3) is 2.63. The Balaban J connectivity index is 1.79. The van der Waals surface area contributed by atoms with E-state index < -0.39 is 6.36 Å².